The van der Waals surface area contributed by atoms with Crippen LogP contribution in [-0.4, -0.2) is 22.2 Å². The molecule has 2 rings (SSSR count). The van der Waals surface area contributed by atoms with Gasteiger partial charge in [0.05, 0.1) is 5.60 Å². The molecule has 1 N–H and O–H groups in total. The van der Waals surface area contributed by atoms with Gasteiger partial charge in [-0.1, -0.05) is 34.1 Å². The zero-order valence-corrected chi connectivity index (χ0v) is 10.3. The van der Waals surface area contributed by atoms with Crippen LogP contribution in [0.4, 0.5) is 0 Å². The van der Waals surface area contributed by atoms with Crippen molar-refractivity contribution >= 4 is 27.7 Å². The van der Waals surface area contributed by atoms with Crippen LogP contribution < -0.4 is 0 Å². The van der Waals surface area contributed by atoms with E-state index < -0.39 is 5.60 Å². The largest absolute Gasteiger partial charge is 0.389 e. The fourth-order valence-corrected chi connectivity index (χ4v) is 3.45. The highest BCUT2D eigenvalue weighted by atomic mass is 79.9. The lowest BCUT2D eigenvalue weighted by Gasteiger charge is -2.21. The molecular weight excluding hydrogens is 260 g/mol. The first kappa shape index (κ1) is 10.5. The van der Waals surface area contributed by atoms with Gasteiger partial charge < -0.3 is 5.11 Å². The fourth-order valence-electron chi connectivity index (χ4n) is 1.73. The summed E-state index contributed by atoms with van der Waals surface area (Å²) in [5.74, 6) is 1.95. The summed E-state index contributed by atoms with van der Waals surface area (Å²) in [7, 11) is 0. The van der Waals surface area contributed by atoms with Gasteiger partial charge in [0.15, 0.2) is 0 Å². The van der Waals surface area contributed by atoms with Crippen molar-refractivity contribution in [3.8, 4) is 0 Å². The minimum Gasteiger partial charge on any atom is -0.389 e. The lowest BCUT2D eigenvalue weighted by Crippen LogP contribution is -2.30. The van der Waals surface area contributed by atoms with Crippen molar-refractivity contribution in [2.45, 2.75) is 18.4 Å². The molecule has 3 heteroatoms. The van der Waals surface area contributed by atoms with Crippen molar-refractivity contribution in [2.24, 2.45) is 0 Å². The van der Waals surface area contributed by atoms with Crippen LogP contribution in [-0.2, 0) is 6.42 Å². The topological polar surface area (TPSA) is 20.2 Å². The van der Waals surface area contributed by atoms with Crippen molar-refractivity contribution in [3.05, 3.63) is 34.3 Å². The molecule has 0 bridgehead atoms. The van der Waals surface area contributed by atoms with Crippen molar-refractivity contribution in [1.29, 1.82) is 0 Å². The zero-order chi connectivity index (χ0) is 10.0. The average molecular weight is 273 g/mol. The molecular formula is C11H13BrOS. The molecule has 14 heavy (non-hydrogen) atoms. The Morgan fingerprint density at radius 1 is 1.43 bits per heavy atom. The van der Waals surface area contributed by atoms with Crippen molar-refractivity contribution in [3.63, 3.8) is 0 Å². The van der Waals surface area contributed by atoms with Gasteiger partial charge in [-0.05, 0) is 23.8 Å². The number of hydrogen-bond acceptors (Lipinski definition) is 2. The van der Waals surface area contributed by atoms with Crippen LogP contribution >= 0.6 is 27.7 Å². The van der Waals surface area contributed by atoms with E-state index in [0.717, 1.165) is 28.8 Å². The van der Waals surface area contributed by atoms with E-state index in [-0.39, 0.29) is 0 Å². The Hall–Kier alpha value is 0.01000. The van der Waals surface area contributed by atoms with Crippen LogP contribution in [0.1, 0.15) is 12.0 Å². The van der Waals surface area contributed by atoms with Gasteiger partial charge in [-0.3, -0.25) is 0 Å². The molecule has 1 saturated heterocycles. The maximum absolute atomic E-state index is 10.2. The van der Waals surface area contributed by atoms with Gasteiger partial charge in [-0.25, -0.2) is 0 Å². The van der Waals surface area contributed by atoms with E-state index >= 15 is 0 Å². The molecule has 0 saturated carbocycles. The molecule has 1 fully saturated rings. The molecule has 76 valence electrons. The lowest BCUT2D eigenvalue weighted by molar-refractivity contribution is 0.0685. The molecule has 0 radical (unpaired) electrons. The molecule has 1 aliphatic rings. The van der Waals surface area contributed by atoms with Gasteiger partial charge in [0, 0.05) is 16.6 Å². The van der Waals surface area contributed by atoms with E-state index in [4.69, 9.17) is 0 Å². The van der Waals surface area contributed by atoms with Gasteiger partial charge in [0.1, 0.15) is 0 Å². The summed E-state index contributed by atoms with van der Waals surface area (Å²) in [6, 6.07) is 8.12. The average Bonchev–Trinajstić information content (AvgIpc) is 2.57. The van der Waals surface area contributed by atoms with E-state index in [0.29, 0.717) is 0 Å². The highest BCUT2D eigenvalue weighted by Gasteiger charge is 2.32. The summed E-state index contributed by atoms with van der Waals surface area (Å²) >= 11 is 5.35. The quantitative estimate of drug-likeness (QED) is 0.894. The van der Waals surface area contributed by atoms with E-state index in [1.807, 2.05) is 30.0 Å². The fraction of sp³-hybridized carbons (Fsp3) is 0.455. The van der Waals surface area contributed by atoms with Crippen molar-refractivity contribution in [1.82, 2.24) is 0 Å². The zero-order valence-electron chi connectivity index (χ0n) is 7.87. The summed E-state index contributed by atoms with van der Waals surface area (Å²) in [6.45, 7) is 0. The Morgan fingerprint density at radius 2 is 2.21 bits per heavy atom. The molecule has 1 aliphatic heterocycles. The minimum atomic E-state index is -0.478. The number of benzene rings is 1. The van der Waals surface area contributed by atoms with Crippen LogP contribution in [0.15, 0.2) is 28.7 Å². The van der Waals surface area contributed by atoms with Crippen LogP contribution in [0, 0.1) is 0 Å². The molecule has 1 aromatic rings. The SMILES string of the molecule is OC1(Cc2ccccc2Br)CCSC1. The second-order valence-electron chi connectivity index (χ2n) is 3.80. The maximum atomic E-state index is 10.2. The van der Waals surface area contributed by atoms with Crippen molar-refractivity contribution < 1.29 is 5.11 Å². The smallest absolute Gasteiger partial charge is 0.0786 e. The molecule has 1 atom stereocenters. The van der Waals surface area contributed by atoms with Gasteiger partial charge >= 0.3 is 0 Å². The summed E-state index contributed by atoms with van der Waals surface area (Å²) in [6.07, 6.45) is 1.68. The van der Waals surface area contributed by atoms with Crippen LogP contribution in [0.25, 0.3) is 0 Å². The Morgan fingerprint density at radius 3 is 2.86 bits per heavy atom. The van der Waals surface area contributed by atoms with Crippen LogP contribution in [0.2, 0.25) is 0 Å². The molecule has 1 heterocycles. The third-order valence-electron chi connectivity index (χ3n) is 2.56. The molecule has 0 aromatic heterocycles. The maximum Gasteiger partial charge on any atom is 0.0786 e. The molecule has 1 nitrogen and oxygen atoms in total. The Kier molecular flexibility index (Phi) is 3.20. The summed E-state index contributed by atoms with van der Waals surface area (Å²) in [4.78, 5) is 0. The number of rotatable bonds is 2. The number of hydrogen-bond donors (Lipinski definition) is 1. The number of halogens is 1. The second kappa shape index (κ2) is 4.25. The van der Waals surface area contributed by atoms with Crippen LogP contribution in [0.5, 0.6) is 0 Å². The lowest BCUT2D eigenvalue weighted by atomic mass is 9.94. The Labute approximate surface area is 97.0 Å². The van der Waals surface area contributed by atoms with Crippen molar-refractivity contribution in [2.75, 3.05) is 11.5 Å². The first-order valence-electron chi connectivity index (χ1n) is 4.73. The first-order chi connectivity index (χ1) is 6.70. The highest BCUT2D eigenvalue weighted by molar-refractivity contribution is 9.10. The standard InChI is InChI=1S/C11H13BrOS/c12-10-4-2-1-3-9(10)7-11(13)5-6-14-8-11/h1-4,13H,5-8H2. The predicted octanol–water partition coefficient (Wildman–Crippen LogP) is 2.86. The normalized spacial score (nSPS) is 26.7. The van der Waals surface area contributed by atoms with Gasteiger partial charge in [0.25, 0.3) is 0 Å². The van der Waals surface area contributed by atoms with E-state index in [2.05, 4.69) is 22.0 Å². The summed E-state index contributed by atoms with van der Waals surface area (Å²) in [5, 5.41) is 10.2. The minimum absolute atomic E-state index is 0.478. The van der Waals surface area contributed by atoms with Crippen LogP contribution in [0.3, 0.4) is 0 Å². The molecule has 0 spiro atoms. The van der Waals surface area contributed by atoms with Gasteiger partial charge in [-0.2, -0.15) is 11.8 Å². The molecule has 0 amide bonds. The third-order valence-corrected chi connectivity index (χ3v) is 4.57. The Balaban J connectivity index is 2.14. The van der Waals surface area contributed by atoms with Gasteiger partial charge in [0.2, 0.25) is 0 Å². The number of thioether (sulfide) groups is 1. The highest BCUT2D eigenvalue weighted by Crippen LogP contribution is 2.32. The molecule has 0 aliphatic carbocycles. The number of aliphatic hydroxyl groups is 1. The molecule has 1 aromatic carbocycles. The Bertz CT molecular complexity index is 321. The third kappa shape index (κ3) is 2.33. The first-order valence-corrected chi connectivity index (χ1v) is 6.68. The van der Waals surface area contributed by atoms with E-state index in [1.165, 1.54) is 5.56 Å². The second-order valence-corrected chi connectivity index (χ2v) is 5.75. The summed E-state index contributed by atoms with van der Waals surface area (Å²) < 4.78 is 1.10. The van der Waals surface area contributed by atoms with Gasteiger partial charge in [-0.15, -0.1) is 0 Å². The van der Waals surface area contributed by atoms with E-state index in [1.54, 1.807) is 0 Å². The summed E-state index contributed by atoms with van der Waals surface area (Å²) in [5.41, 5.74) is 0.728. The molecule has 1 unspecified atom stereocenters. The van der Waals surface area contributed by atoms with E-state index in [9.17, 15) is 5.11 Å². The predicted molar refractivity (Wildman–Crippen MR) is 64.7 cm³/mol. The monoisotopic (exact) mass is 272 g/mol.